The van der Waals surface area contributed by atoms with E-state index >= 15 is 0 Å². The maximum Gasteiger partial charge on any atom is 0.126 e. The predicted molar refractivity (Wildman–Crippen MR) is 87.9 cm³/mol. The lowest BCUT2D eigenvalue weighted by Gasteiger charge is -2.34. The molecular formula is C19H30FN. The summed E-state index contributed by atoms with van der Waals surface area (Å²) in [5.41, 5.74) is 1.87. The molecule has 1 unspecified atom stereocenters. The van der Waals surface area contributed by atoms with E-state index < -0.39 is 0 Å². The molecule has 21 heavy (non-hydrogen) atoms. The predicted octanol–water partition coefficient (Wildman–Crippen LogP) is 5.39. The average molecular weight is 291 g/mol. The third kappa shape index (κ3) is 4.29. The Bertz CT molecular complexity index is 435. The van der Waals surface area contributed by atoms with E-state index in [0.717, 1.165) is 30.0 Å². The SMILES string of the molecule is CCCNC(c1ccc(C)c(F)c1)C1CCC(CC)CC1. The van der Waals surface area contributed by atoms with Crippen LogP contribution in [0.5, 0.6) is 0 Å². The molecule has 1 saturated carbocycles. The fraction of sp³-hybridized carbons (Fsp3) is 0.684. The lowest BCUT2D eigenvalue weighted by molar-refractivity contribution is 0.218. The molecule has 0 saturated heterocycles. The number of nitrogens with one attached hydrogen (secondary N) is 1. The van der Waals surface area contributed by atoms with E-state index in [9.17, 15) is 4.39 Å². The molecule has 1 N–H and O–H groups in total. The van der Waals surface area contributed by atoms with Gasteiger partial charge < -0.3 is 5.32 Å². The Morgan fingerprint density at radius 1 is 1.19 bits per heavy atom. The Labute approximate surface area is 129 Å². The molecule has 1 aromatic rings. The first-order chi connectivity index (χ1) is 10.2. The van der Waals surface area contributed by atoms with Crippen molar-refractivity contribution < 1.29 is 4.39 Å². The molecule has 0 aliphatic heterocycles. The lowest BCUT2D eigenvalue weighted by Crippen LogP contribution is -2.31. The smallest absolute Gasteiger partial charge is 0.126 e. The Morgan fingerprint density at radius 3 is 2.48 bits per heavy atom. The molecule has 0 aromatic heterocycles. The van der Waals surface area contributed by atoms with Gasteiger partial charge in [-0.3, -0.25) is 0 Å². The Kier molecular flexibility index (Phi) is 6.22. The minimum atomic E-state index is -0.0713. The summed E-state index contributed by atoms with van der Waals surface area (Å²) >= 11 is 0. The molecule has 1 nitrogen and oxygen atoms in total. The number of benzene rings is 1. The third-order valence-electron chi connectivity index (χ3n) is 5.11. The summed E-state index contributed by atoms with van der Waals surface area (Å²) in [4.78, 5) is 0. The van der Waals surface area contributed by atoms with Gasteiger partial charge in [0.1, 0.15) is 5.82 Å². The highest BCUT2D eigenvalue weighted by molar-refractivity contribution is 5.26. The Hall–Kier alpha value is -0.890. The van der Waals surface area contributed by atoms with Crippen molar-refractivity contribution in [2.24, 2.45) is 11.8 Å². The molecule has 1 aliphatic carbocycles. The van der Waals surface area contributed by atoms with Crippen LogP contribution in [0.15, 0.2) is 18.2 Å². The quantitative estimate of drug-likeness (QED) is 0.741. The second-order valence-corrected chi connectivity index (χ2v) is 6.63. The molecule has 0 radical (unpaired) electrons. The summed E-state index contributed by atoms with van der Waals surface area (Å²) in [5, 5.41) is 3.67. The fourth-order valence-electron chi connectivity index (χ4n) is 3.59. The highest BCUT2D eigenvalue weighted by Crippen LogP contribution is 2.38. The van der Waals surface area contributed by atoms with Crippen molar-refractivity contribution in [3.63, 3.8) is 0 Å². The van der Waals surface area contributed by atoms with Gasteiger partial charge in [0.25, 0.3) is 0 Å². The van der Waals surface area contributed by atoms with Crippen molar-refractivity contribution in [1.82, 2.24) is 5.32 Å². The highest BCUT2D eigenvalue weighted by Gasteiger charge is 2.28. The maximum atomic E-state index is 13.9. The van der Waals surface area contributed by atoms with E-state index in [1.54, 1.807) is 6.07 Å². The Balaban J connectivity index is 2.12. The normalized spacial score (nSPS) is 24.0. The maximum absolute atomic E-state index is 13.9. The van der Waals surface area contributed by atoms with Crippen LogP contribution in [0.25, 0.3) is 0 Å². The standard InChI is InChI=1S/C19H30FN/c1-4-12-21-19(16-10-7-15(5-2)8-11-16)17-9-6-14(3)18(20)13-17/h6,9,13,15-16,19,21H,4-5,7-8,10-12H2,1-3H3. The van der Waals surface area contributed by atoms with Gasteiger partial charge >= 0.3 is 0 Å². The van der Waals surface area contributed by atoms with Gasteiger partial charge in [0.2, 0.25) is 0 Å². The van der Waals surface area contributed by atoms with Gasteiger partial charge in [-0.05, 0) is 61.8 Å². The van der Waals surface area contributed by atoms with Gasteiger partial charge in [-0.25, -0.2) is 4.39 Å². The zero-order valence-corrected chi connectivity index (χ0v) is 13.8. The Morgan fingerprint density at radius 2 is 1.90 bits per heavy atom. The average Bonchev–Trinajstić information content (AvgIpc) is 2.51. The molecule has 0 spiro atoms. The van der Waals surface area contributed by atoms with Crippen LogP contribution in [-0.4, -0.2) is 6.54 Å². The fourth-order valence-corrected chi connectivity index (χ4v) is 3.59. The molecule has 1 atom stereocenters. The zero-order valence-electron chi connectivity index (χ0n) is 13.8. The van der Waals surface area contributed by atoms with Crippen molar-refractivity contribution in [2.75, 3.05) is 6.54 Å². The first-order valence-corrected chi connectivity index (χ1v) is 8.65. The van der Waals surface area contributed by atoms with Crippen LogP contribution in [0.2, 0.25) is 0 Å². The molecule has 2 heteroatoms. The van der Waals surface area contributed by atoms with E-state index in [4.69, 9.17) is 0 Å². The van der Waals surface area contributed by atoms with Gasteiger partial charge in [0, 0.05) is 6.04 Å². The van der Waals surface area contributed by atoms with Gasteiger partial charge in [-0.15, -0.1) is 0 Å². The molecule has 118 valence electrons. The summed E-state index contributed by atoms with van der Waals surface area (Å²) in [6.45, 7) is 7.33. The van der Waals surface area contributed by atoms with E-state index in [0.29, 0.717) is 12.0 Å². The number of halogens is 1. The molecule has 1 aromatic carbocycles. The van der Waals surface area contributed by atoms with Crippen molar-refractivity contribution in [2.45, 2.75) is 65.3 Å². The van der Waals surface area contributed by atoms with E-state index in [1.165, 1.54) is 32.1 Å². The second kappa shape index (κ2) is 7.93. The van der Waals surface area contributed by atoms with Crippen molar-refractivity contribution in [1.29, 1.82) is 0 Å². The summed E-state index contributed by atoms with van der Waals surface area (Å²) in [5.74, 6) is 1.49. The first-order valence-electron chi connectivity index (χ1n) is 8.65. The van der Waals surface area contributed by atoms with Crippen molar-refractivity contribution in [3.05, 3.63) is 35.1 Å². The summed E-state index contributed by atoms with van der Waals surface area (Å²) < 4.78 is 13.9. The van der Waals surface area contributed by atoms with E-state index in [-0.39, 0.29) is 5.82 Å². The number of rotatable bonds is 6. The molecule has 0 amide bonds. The monoisotopic (exact) mass is 291 g/mol. The zero-order chi connectivity index (χ0) is 15.2. The van der Waals surface area contributed by atoms with Crippen LogP contribution in [-0.2, 0) is 0 Å². The third-order valence-corrected chi connectivity index (χ3v) is 5.11. The topological polar surface area (TPSA) is 12.0 Å². The van der Waals surface area contributed by atoms with Gasteiger partial charge in [-0.2, -0.15) is 0 Å². The van der Waals surface area contributed by atoms with Crippen LogP contribution >= 0.6 is 0 Å². The summed E-state index contributed by atoms with van der Waals surface area (Å²) in [6, 6.07) is 6.09. The van der Waals surface area contributed by atoms with Crippen LogP contribution in [0.1, 0.15) is 69.5 Å². The molecule has 0 bridgehead atoms. The summed E-state index contributed by atoms with van der Waals surface area (Å²) in [6.07, 6.45) is 7.64. The minimum Gasteiger partial charge on any atom is -0.310 e. The number of aryl methyl sites for hydroxylation is 1. The van der Waals surface area contributed by atoms with Crippen molar-refractivity contribution >= 4 is 0 Å². The van der Waals surface area contributed by atoms with Gasteiger partial charge in [-0.1, -0.05) is 45.2 Å². The summed E-state index contributed by atoms with van der Waals surface area (Å²) in [7, 11) is 0. The largest absolute Gasteiger partial charge is 0.310 e. The number of hydrogen-bond donors (Lipinski definition) is 1. The van der Waals surface area contributed by atoms with Crippen molar-refractivity contribution in [3.8, 4) is 0 Å². The highest BCUT2D eigenvalue weighted by atomic mass is 19.1. The van der Waals surface area contributed by atoms with Gasteiger partial charge in [0.15, 0.2) is 0 Å². The second-order valence-electron chi connectivity index (χ2n) is 6.63. The molecule has 0 heterocycles. The molecule has 1 fully saturated rings. The molecule has 1 aliphatic rings. The minimum absolute atomic E-state index is 0.0713. The van der Waals surface area contributed by atoms with Crippen LogP contribution in [0.4, 0.5) is 4.39 Å². The van der Waals surface area contributed by atoms with Crippen LogP contribution < -0.4 is 5.32 Å². The van der Waals surface area contributed by atoms with Crippen LogP contribution in [0.3, 0.4) is 0 Å². The van der Waals surface area contributed by atoms with Gasteiger partial charge in [0.05, 0.1) is 0 Å². The van der Waals surface area contributed by atoms with Crippen LogP contribution in [0, 0.1) is 24.6 Å². The molecular weight excluding hydrogens is 261 g/mol. The first kappa shape index (κ1) is 16.5. The van der Waals surface area contributed by atoms with E-state index in [1.807, 2.05) is 13.0 Å². The lowest BCUT2D eigenvalue weighted by atomic mass is 9.76. The molecule has 2 rings (SSSR count). The number of hydrogen-bond acceptors (Lipinski definition) is 1. The van der Waals surface area contributed by atoms with E-state index in [2.05, 4.69) is 25.2 Å².